The van der Waals surface area contributed by atoms with Crippen LogP contribution in [0.25, 0.3) is 22.3 Å². The van der Waals surface area contributed by atoms with Gasteiger partial charge in [0.05, 0.1) is 20.8 Å². The molecule has 5 atom stereocenters. The molecule has 7 N–H and O–H groups in total. The largest absolute Gasteiger partial charge is 0.507 e. The predicted molar refractivity (Wildman–Crippen MR) is 120 cm³/mol. The van der Waals surface area contributed by atoms with Crippen molar-refractivity contribution in [2.75, 3.05) is 20.8 Å². The molecule has 1 aliphatic rings. The van der Waals surface area contributed by atoms with Gasteiger partial charge in [-0.05, 0) is 18.2 Å². The minimum absolute atomic E-state index is 0.0316. The highest BCUT2D eigenvalue weighted by Crippen LogP contribution is 2.44. The van der Waals surface area contributed by atoms with Crippen LogP contribution in [0.3, 0.4) is 0 Å². The van der Waals surface area contributed by atoms with Crippen LogP contribution in [0.2, 0.25) is 0 Å². The summed E-state index contributed by atoms with van der Waals surface area (Å²) in [6.07, 6.45) is -8.01. The van der Waals surface area contributed by atoms with Crippen molar-refractivity contribution in [2.45, 2.75) is 30.7 Å². The second kappa shape index (κ2) is 9.72. The number of aliphatic hydroxyl groups is 4. The summed E-state index contributed by atoms with van der Waals surface area (Å²) in [5.74, 6) is -2.56. The van der Waals surface area contributed by atoms with Gasteiger partial charge in [0.2, 0.25) is 23.2 Å². The Kier molecular flexibility index (Phi) is 6.84. The summed E-state index contributed by atoms with van der Waals surface area (Å²) in [6.45, 7) is -0.696. The summed E-state index contributed by atoms with van der Waals surface area (Å²) in [5, 5.41) is 70.1. The van der Waals surface area contributed by atoms with E-state index in [-0.39, 0.29) is 39.9 Å². The van der Waals surface area contributed by atoms with Crippen LogP contribution in [-0.2, 0) is 4.74 Å². The lowest BCUT2D eigenvalue weighted by atomic mass is 9.99. The number of phenolic OH excluding ortho intramolecular Hbond substituents is 2. The van der Waals surface area contributed by atoms with Crippen molar-refractivity contribution < 1.29 is 59.1 Å². The number of aromatic hydroxyl groups is 3. The molecule has 2 heterocycles. The molecule has 1 aromatic heterocycles. The minimum atomic E-state index is -1.77. The van der Waals surface area contributed by atoms with E-state index in [2.05, 4.69) is 0 Å². The summed E-state index contributed by atoms with van der Waals surface area (Å²) in [4.78, 5) is 12.9. The number of phenols is 2. The number of benzene rings is 2. The third-order valence-electron chi connectivity index (χ3n) is 5.78. The van der Waals surface area contributed by atoms with Gasteiger partial charge in [0, 0.05) is 11.6 Å². The topological polar surface area (TPSA) is 209 Å². The predicted octanol–water partition coefficient (Wildman–Crippen LogP) is -0.227. The Morgan fingerprint density at radius 2 is 1.64 bits per heavy atom. The van der Waals surface area contributed by atoms with Gasteiger partial charge < -0.3 is 59.1 Å². The molecule has 1 aliphatic heterocycles. The van der Waals surface area contributed by atoms with E-state index >= 15 is 0 Å². The Morgan fingerprint density at radius 3 is 2.28 bits per heavy atom. The normalized spacial score (nSPS) is 24.0. The van der Waals surface area contributed by atoms with Crippen LogP contribution < -0.4 is 19.6 Å². The fraction of sp³-hybridized carbons (Fsp3) is 0.348. The maximum absolute atomic E-state index is 12.9. The quantitative estimate of drug-likeness (QED) is 0.230. The lowest BCUT2D eigenvalue weighted by Gasteiger charge is -2.39. The number of methoxy groups -OCH3 is 2. The first-order valence-corrected chi connectivity index (χ1v) is 10.6. The maximum atomic E-state index is 12.9. The van der Waals surface area contributed by atoms with Crippen molar-refractivity contribution in [1.29, 1.82) is 0 Å². The van der Waals surface area contributed by atoms with Gasteiger partial charge in [0.25, 0.3) is 0 Å². The zero-order valence-corrected chi connectivity index (χ0v) is 19.0. The van der Waals surface area contributed by atoms with Crippen molar-refractivity contribution in [3.8, 4) is 45.8 Å². The molecular formula is C23H24O13. The smallest absolute Gasteiger partial charge is 0.238 e. The molecule has 1 saturated heterocycles. The van der Waals surface area contributed by atoms with E-state index in [4.69, 9.17) is 23.4 Å². The van der Waals surface area contributed by atoms with Gasteiger partial charge in [0.1, 0.15) is 35.6 Å². The second-order valence-electron chi connectivity index (χ2n) is 7.94. The van der Waals surface area contributed by atoms with Crippen LogP contribution in [0.4, 0.5) is 0 Å². The lowest BCUT2D eigenvalue weighted by molar-refractivity contribution is -0.277. The zero-order valence-electron chi connectivity index (χ0n) is 19.0. The van der Waals surface area contributed by atoms with Crippen molar-refractivity contribution >= 4 is 11.0 Å². The number of aliphatic hydroxyl groups excluding tert-OH is 4. The molecule has 0 spiro atoms. The number of rotatable bonds is 6. The van der Waals surface area contributed by atoms with Crippen LogP contribution >= 0.6 is 0 Å². The Balaban J connectivity index is 1.87. The number of fused-ring (bicyclic) bond motifs is 1. The SMILES string of the molecule is COc1cc(-c2oc3c(OC)c(O[C@H]4O[C@@H](CO)[C@H](O)[C@H](O)[C@@H]4O)cc(O)c3c(=O)c2O)ccc1O. The molecule has 0 amide bonds. The molecule has 13 heteroatoms. The van der Waals surface area contributed by atoms with E-state index in [1.54, 1.807) is 0 Å². The van der Waals surface area contributed by atoms with Crippen molar-refractivity contribution in [3.05, 3.63) is 34.5 Å². The van der Waals surface area contributed by atoms with E-state index in [0.29, 0.717) is 0 Å². The molecule has 0 radical (unpaired) electrons. The molecule has 13 nitrogen and oxygen atoms in total. The highest BCUT2D eigenvalue weighted by Gasteiger charge is 2.45. The standard InChI is InChI=1S/C23H24O13/c1-32-11-5-8(3-4-9(11)25)20-18(30)16(28)14-10(26)6-12(21(33-2)22(14)36-20)34-23-19(31)17(29)15(27)13(7-24)35-23/h3-6,13,15,17,19,23-27,29-31H,7H2,1-2H3/t13-,15-,17-,19-,23-/m0/s1. The number of hydrogen-bond acceptors (Lipinski definition) is 13. The van der Waals surface area contributed by atoms with E-state index < -0.39 is 59.6 Å². The van der Waals surface area contributed by atoms with Gasteiger partial charge in [-0.1, -0.05) is 0 Å². The molecule has 3 aromatic rings. The Labute approximate surface area is 202 Å². The highest BCUT2D eigenvalue weighted by atomic mass is 16.7. The molecule has 194 valence electrons. The molecular weight excluding hydrogens is 484 g/mol. The summed E-state index contributed by atoms with van der Waals surface area (Å²) in [5.41, 5.74) is -1.21. The zero-order chi connectivity index (χ0) is 26.3. The summed E-state index contributed by atoms with van der Waals surface area (Å²) in [7, 11) is 2.50. The Hall–Kier alpha value is -3.75. The van der Waals surface area contributed by atoms with Crippen LogP contribution in [0, 0.1) is 0 Å². The third-order valence-corrected chi connectivity index (χ3v) is 5.78. The summed E-state index contributed by atoms with van der Waals surface area (Å²) in [6, 6.07) is 4.86. The van der Waals surface area contributed by atoms with Crippen LogP contribution in [0.15, 0.2) is 33.5 Å². The van der Waals surface area contributed by atoms with Crippen molar-refractivity contribution in [3.63, 3.8) is 0 Å². The van der Waals surface area contributed by atoms with Crippen molar-refractivity contribution in [2.24, 2.45) is 0 Å². The van der Waals surface area contributed by atoms with Gasteiger partial charge in [-0.25, -0.2) is 0 Å². The monoisotopic (exact) mass is 508 g/mol. The first kappa shape index (κ1) is 25.3. The minimum Gasteiger partial charge on any atom is -0.507 e. The fourth-order valence-electron chi connectivity index (χ4n) is 3.88. The first-order valence-electron chi connectivity index (χ1n) is 10.6. The van der Waals surface area contributed by atoms with Crippen LogP contribution in [-0.4, -0.2) is 87.3 Å². The van der Waals surface area contributed by atoms with E-state index in [1.807, 2.05) is 0 Å². The average Bonchev–Trinajstić information content (AvgIpc) is 2.86. The molecule has 2 aromatic carbocycles. The third kappa shape index (κ3) is 4.12. The Morgan fingerprint density at radius 1 is 0.917 bits per heavy atom. The highest BCUT2D eigenvalue weighted by molar-refractivity contribution is 5.93. The number of hydrogen-bond donors (Lipinski definition) is 7. The molecule has 0 unspecified atom stereocenters. The van der Waals surface area contributed by atoms with Gasteiger partial charge in [-0.3, -0.25) is 4.79 Å². The molecule has 4 rings (SSSR count). The second-order valence-corrected chi connectivity index (χ2v) is 7.94. The van der Waals surface area contributed by atoms with Gasteiger partial charge in [0.15, 0.2) is 28.6 Å². The van der Waals surface area contributed by atoms with E-state index in [9.17, 15) is 40.5 Å². The maximum Gasteiger partial charge on any atom is 0.238 e. The van der Waals surface area contributed by atoms with Gasteiger partial charge in [-0.15, -0.1) is 0 Å². The number of ether oxygens (including phenoxy) is 4. The average molecular weight is 508 g/mol. The van der Waals surface area contributed by atoms with E-state index in [1.165, 1.54) is 32.4 Å². The van der Waals surface area contributed by atoms with Crippen LogP contribution in [0.1, 0.15) is 0 Å². The van der Waals surface area contributed by atoms with Gasteiger partial charge in [-0.2, -0.15) is 0 Å². The Bertz CT molecular complexity index is 1330. The molecule has 36 heavy (non-hydrogen) atoms. The van der Waals surface area contributed by atoms with Gasteiger partial charge >= 0.3 is 0 Å². The fourth-order valence-corrected chi connectivity index (χ4v) is 3.88. The van der Waals surface area contributed by atoms with E-state index in [0.717, 1.165) is 6.07 Å². The summed E-state index contributed by atoms with van der Waals surface area (Å²) < 4.78 is 27.0. The van der Waals surface area contributed by atoms with Crippen molar-refractivity contribution in [1.82, 2.24) is 0 Å². The first-order chi connectivity index (χ1) is 17.1. The molecule has 1 fully saturated rings. The molecule has 0 bridgehead atoms. The molecule has 0 saturated carbocycles. The van der Waals surface area contributed by atoms with Crippen LogP contribution in [0.5, 0.6) is 34.5 Å². The lowest BCUT2D eigenvalue weighted by Crippen LogP contribution is -2.60. The molecule has 0 aliphatic carbocycles. The summed E-state index contributed by atoms with van der Waals surface area (Å²) >= 11 is 0.